The molecule has 0 aliphatic rings. The number of unbranched alkanes of at least 4 members (excludes halogenated alkanes) is 1. The van der Waals surface area contributed by atoms with Crippen molar-refractivity contribution in [2.75, 3.05) is 0 Å². The number of H-pyrrole nitrogens is 1. The molecule has 0 aliphatic carbocycles. The van der Waals surface area contributed by atoms with E-state index < -0.39 is 5.91 Å². The molecule has 1 aromatic heterocycles. The smallest absolute Gasteiger partial charge is 0.261 e. The predicted molar refractivity (Wildman–Crippen MR) is 120 cm³/mol. The standard InChI is InChI=1S/C21H27N3O2.C2H6/c1-5-8-11-17-19(10-7-3)23-14-18(20(17)25)21(26)24-16(9-6-2)13-12-15(4)22;1-2/h6-7,9-11,13-14,23H,3-5,8,12,22H2,1-2H3,(H,24,26);1-2H3/b9-6-,16-13+,17-11+,19-10+;. The lowest BCUT2D eigenvalue weighted by Gasteiger charge is -2.07. The summed E-state index contributed by atoms with van der Waals surface area (Å²) in [7, 11) is 0. The molecule has 1 rings (SSSR count). The van der Waals surface area contributed by atoms with E-state index in [0.29, 0.717) is 28.4 Å². The van der Waals surface area contributed by atoms with Crippen LogP contribution in [0, 0.1) is 0 Å². The van der Waals surface area contributed by atoms with Crippen LogP contribution >= 0.6 is 0 Å². The molecule has 152 valence electrons. The number of carbonyl (C=O) groups excluding carboxylic acids is 1. The second-order valence-corrected chi connectivity index (χ2v) is 5.73. The van der Waals surface area contributed by atoms with Gasteiger partial charge in [0.25, 0.3) is 5.91 Å². The lowest BCUT2D eigenvalue weighted by molar-refractivity contribution is 0.0965. The molecule has 0 bridgehead atoms. The Labute approximate surface area is 167 Å². The third-order valence-electron chi connectivity index (χ3n) is 3.51. The van der Waals surface area contributed by atoms with Gasteiger partial charge in [-0.2, -0.15) is 0 Å². The summed E-state index contributed by atoms with van der Waals surface area (Å²) in [5, 5.41) is 3.86. The minimum absolute atomic E-state index is 0.0514. The summed E-state index contributed by atoms with van der Waals surface area (Å²) in [6.07, 6.45) is 13.9. The Bertz CT molecular complexity index is 903. The molecule has 0 unspecified atom stereocenters. The van der Waals surface area contributed by atoms with Gasteiger partial charge in [-0.1, -0.05) is 64.7 Å². The highest BCUT2D eigenvalue weighted by Crippen LogP contribution is 2.00. The van der Waals surface area contributed by atoms with Crippen LogP contribution in [0.15, 0.2) is 59.8 Å². The van der Waals surface area contributed by atoms with Gasteiger partial charge in [-0.3, -0.25) is 9.59 Å². The van der Waals surface area contributed by atoms with Crippen molar-refractivity contribution in [1.82, 2.24) is 10.3 Å². The van der Waals surface area contributed by atoms with E-state index in [1.807, 2.05) is 33.8 Å². The lowest BCUT2D eigenvalue weighted by atomic mass is 10.1. The van der Waals surface area contributed by atoms with Crippen LogP contribution in [-0.2, 0) is 0 Å². The number of nitrogens with one attached hydrogen (secondary N) is 2. The molecule has 0 aromatic carbocycles. The number of hydrogen-bond donors (Lipinski definition) is 3. The molecule has 1 amide bonds. The number of hydrogen-bond acceptors (Lipinski definition) is 3. The van der Waals surface area contributed by atoms with E-state index in [2.05, 4.69) is 23.5 Å². The van der Waals surface area contributed by atoms with Crippen LogP contribution in [0.5, 0.6) is 0 Å². The van der Waals surface area contributed by atoms with Gasteiger partial charge in [0, 0.05) is 34.6 Å². The first kappa shape index (κ1) is 24.9. The fourth-order valence-corrected chi connectivity index (χ4v) is 2.26. The SMILES string of the molecule is C=C/C=c1/[nH]cc(C(=O)NC(/C=C\C)=C/CC(=C)N)c(=O)/c1=C/CCC.CC. The monoisotopic (exact) mass is 383 g/mol. The zero-order valence-electron chi connectivity index (χ0n) is 17.5. The average molecular weight is 384 g/mol. The van der Waals surface area contributed by atoms with E-state index in [1.165, 1.54) is 6.20 Å². The first-order valence-electron chi connectivity index (χ1n) is 9.56. The zero-order valence-corrected chi connectivity index (χ0v) is 17.5. The second-order valence-electron chi connectivity index (χ2n) is 5.73. The van der Waals surface area contributed by atoms with Crippen molar-refractivity contribution in [1.29, 1.82) is 0 Å². The van der Waals surface area contributed by atoms with Crippen molar-refractivity contribution in [3.8, 4) is 0 Å². The number of allylic oxidation sites excluding steroid dienone is 4. The van der Waals surface area contributed by atoms with Gasteiger partial charge < -0.3 is 16.0 Å². The van der Waals surface area contributed by atoms with E-state index in [9.17, 15) is 9.59 Å². The normalized spacial score (nSPS) is 12.5. The largest absolute Gasteiger partial charge is 0.402 e. The topological polar surface area (TPSA) is 88.0 Å². The van der Waals surface area contributed by atoms with Crippen molar-refractivity contribution in [3.63, 3.8) is 0 Å². The minimum Gasteiger partial charge on any atom is -0.402 e. The van der Waals surface area contributed by atoms with Crippen LogP contribution < -0.4 is 27.0 Å². The summed E-state index contributed by atoms with van der Waals surface area (Å²) >= 11 is 0. The zero-order chi connectivity index (χ0) is 21.5. The predicted octanol–water partition coefficient (Wildman–Crippen LogP) is 3.00. The highest BCUT2D eigenvalue weighted by Gasteiger charge is 2.12. The Balaban J connectivity index is 0.00000352. The maximum atomic E-state index is 12.8. The van der Waals surface area contributed by atoms with Gasteiger partial charge in [0.05, 0.1) is 0 Å². The lowest BCUT2D eigenvalue weighted by Crippen LogP contribution is -2.45. The van der Waals surface area contributed by atoms with E-state index in [4.69, 9.17) is 5.73 Å². The number of nitrogens with two attached hydrogens (primary N) is 1. The third kappa shape index (κ3) is 8.08. The minimum atomic E-state index is -0.477. The number of amides is 1. The summed E-state index contributed by atoms with van der Waals surface area (Å²) in [5.74, 6) is -0.477. The van der Waals surface area contributed by atoms with Gasteiger partial charge in [0.15, 0.2) is 0 Å². The van der Waals surface area contributed by atoms with Gasteiger partial charge in [-0.25, -0.2) is 0 Å². The molecule has 1 heterocycles. The molecule has 1 aromatic rings. The molecule has 0 atom stereocenters. The van der Waals surface area contributed by atoms with Crippen molar-refractivity contribution < 1.29 is 4.79 Å². The number of carbonyl (C=O) groups is 1. The van der Waals surface area contributed by atoms with Crippen LogP contribution in [0.4, 0.5) is 0 Å². The fraction of sp³-hybridized carbons (Fsp3) is 0.304. The summed E-state index contributed by atoms with van der Waals surface area (Å²) in [6, 6.07) is 0. The molecule has 0 saturated carbocycles. The molecule has 0 aliphatic heterocycles. The molecule has 5 nitrogen and oxygen atoms in total. The Kier molecular flexibility index (Phi) is 12.5. The summed E-state index contributed by atoms with van der Waals surface area (Å²) in [6.45, 7) is 15.1. The molecule has 0 saturated heterocycles. The molecular weight excluding hydrogens is 350 g/mol. The first-order valence-corrected chi connectivity index (χ1v) is 9.56. The molecule has 0 radical (unpaired) electrons. The molecule has 0 fully saturated rings. The van der Waals surface area contributed by atoms with Gasteiger partial charge in [-0.15, -0.1) is 0 Å². The third-order valence-corrected chi connectivity index (χ3v) is 3.51. The van der Waals surface area contributed by atoms with Crippen molar-refractivity contribution in [2.24, 2.45) is 5.73 Å². The second kappa shape index (κ2) is 14.0. The van der Waals surface area contributed by atoms with Crippen molar-refractivity contribution in [2.45, 2.75) is 47.0 Å². The van der Waals surface area contributed by atoms with Crippen molar-refractivity contribution >= 4 is 18.1 Å². The van der Waals surface area contributed by atoms with Gasteiger partial charge in [0.1, 0.15) is 5.56 Å². The summed E-state index contributed by atoms with van der Waals surface area (Å²) in [5.41, 5.74) is 6.35. The van der Waals surface area contributed by atoms with Gasteiger partial charge in [0.2, 0.25) is 5.43 Å². The fourth-order valence-electron chi connectivity index (χ4n) is 2.26. The van der Waals surface area contributed by atoms with Crippen LogP contribution in [0.1, 0.15) is 57.3 Å². The molecule has 28 heavy (non-hydrogen) atoms. The van der Waals surface area contributed by atoms with E-state index in [1.54, 1.807) is 30.4 Å². The van der Waals surface area contributed by atoms with Gasteiger partial charge in [-0.05, 0) is 25.5 Å². The van der Waals surface area contributed by atoms with E-state index in [-0.39, 0.29) is 11.0 Å². The van der Waals surface area contributed by atoms with Gasteiger partial charge >= 0.3 is 0 Å². The number of pyridine rings is 1. The Morgan fingerprint density at radius 2 is 2.04 bits per heavy atom. The molecule has 0 spiro atoms. The average Bonchev–Trinajstić information content (AvgIpc) is 2.67. The van der Waals surface area contributed by atoms with Crippen LogP contribution in [0.2, 0.25) is 0 Å². The number of aromatic amines is 1. The maximum absolute atomic E-state index is 12.8. The molecule has 4 N–H and O–H groups in total. The van der Waals surface area contributed by atoms with Crippen LogP contribution in [-0.4, -0.2) is 10.9 Å². The van der Waals surface area contributed by atoms with Crippen LogP contribution in [0.3, 0.4) is 0 Å². The Hall–Kier alpha value is -3.08. The van der Waals surface area contributed by atoms with E-state index >= 15 is 0 Å². The molecule has 5 heteroatoms. The highest BCUT2D eigenvalue weighted by atomic mass is 16.2. The number of aromatic nitrogens is 1. The highest BCUT2D eigenvalue weighted by molar-refractivity contribution is 5.95. The maximum Gasteiger partial charge on any atom is 0.261 e. The Morgan fingerprint density at radius 1 is 1.36 bits per heavy atom. The van der Waals surface area contributed by atoms with Crippen LogP contribution in [0.25, 0.3) is 12.2 Å². The quantitative estimate of drug-likeness (QED) is 0.603. The van der Waals surface area contributed by atoms with Crippen molar-refractivity contribution in [3.05, 3.63) is 81.4 Å². The summed E-state index contributed by atoms with van der Waals surface area (Å²) in [4.78, 5) is 28.4. The first-order chi connectivity index (χ1) is 13.4. The molecular formula is C23H33N3O2. The Morgan fingerprint density at radius 3 is 2.57 bits per heavy atom. The summed E-state index contributed by atoms with van der Waals surface area (Å²) < 4.78 is 0. The number of rotatable bonds is 8. The van der Waals surface area contributed by atoms with E-state index in [0.717, 1.165) is 12.8 Å².